The van der Waals surface area contributed by atoms with E-state index >= 15 is 0 Å². The van der Waals surface area contributed by atoms with Crippen LogP contribution >= 0.6 is 23.4 Å². The number of hydrogen-bond acceptors (Lipinski definition) is 6. The molecule has 0 unspecified atom stereocenters. The van der Waals surface area contributed by atoms with Crippen LogP contribution in [0.1, 0.15) is 16.7 Å². The second-order valence-electron chi connectivity index (χ2n) is 9.12. The molecule has 40 heavy (non-hydrogen) atoms. The van der Waals surface area contributed by atoms with Crippen molar-refractivity contribution in [2.24, 2.45) is 0 Å². The van der Waals surface area contributed by atoms with E-state index in [4.69, 9.17) is 21.1 Å². The molecule has 5 rings (SSSR count). The number of thioether (sulfide) groups is 1. The summed E-state index contributed by atoms with van der Waals surface area (Å²) in [7, 11) is 1.54. The topological polar surface area (TPSA) is 84.9 Å². The summed E-state index contributed by atoms with van der Waals surface area (Å²) in [5, 5.41) is 4.91. The van der Waals surface area contributed by atoms with E-state index in [2.05, 4.69) is 23.5 Å². The maximum absolute atomic E-state index is 13.0. The average Bonchev–Trinajstić information content (AvgIpc) is 3.21. The standard InChI is InChI=1S/C31H25ClN2O5S/c1-19-10-12-23(16-25(19)32)33-29(35)17-34-30(36)28(40-31(34)37)15-20-11-13-26(27(14-20)38-2)39-18-22-8-5-7-21-6-3-4-9-24(21)22/h3-16H,17-18H2,1-2H3,(H,33,35)/b28-15+. The number of methoxy groups -OCH3 is 1. The second-order valence-corrected chi connectivity index (χ2v) is 10.5. The molecule has 4 aromatic rings. The van der Waals surface area contributed by atoms with Crippen LogP contribution in [0.5, 0.6) is 11.5 Å². The molecule has 1 aliphatic rings. The first kappa shape index (κ1) is 27.3. The number of rotatable bonds is 8. The highest BCUT2D eigenvalue weighted by atomic mass is 35.5. The van der Waals surface area contributed by atoms with Crippen molar-refractivity contribution < 1.29 is 23.9 Å². The SMILES string of the molecule is COc1cc(/C=C2/SC(=O)N(CC(=O)Nc3ccc(C)c(Cl)c3)C2=O)ccc1OCc1cccc2ccccc12. The molecule has 1 aliphatic heterocycles. The molecule has 7 nitrogen and oxygen atoms in total. The molecule has 0 bridgehead atoms. The lowest BCUT2D eigenvalue weighted by Crippen LogP contribution is -2.36. The Morgan fingerprint density at radius 2 is 1.80 bits per heavy atom. The number of nitrogens with one attached hydrogen (secondary N) is 1. The molecule has 0 aromatic heterocycles. The van der Waals surface area contributed by atoms with Gasteiger partial charge in [0.05, 0.1) is 12.0 Å². The van der Waals surface area contributed by atoms with Crippen LogP contribution in [-0.4, -0.2) is 35.6 Å². The highest BCUT2D eigenvalue weighted by Gasteiger charge is 2.36. The molecule has 202 valence electrons. The van der Waals surface area contributed by atoms with Crippen LogP contribution in [0, 0.1) is 6.92 Å². The summed E-state index contributed by atoms with van der Waals surface area (Å²) < 4.78 is 11.6. The number of carbonyl (C=O) groups is 3. The Morgan fingerprint density at radius 3 is 2.60 bits per heavy atom. The van der Waals surface area contributed by atoms with Gasteiger partial charge in [-0.3, -0.25) is 19.3 Å². The van der Waals surface area contributed by atoms with Gasteiger partial charge in [-0.15, -0.1) is 0 Å². The van der Waals surface area contributed by atoms with Gasteiger partial charge in [-0.1, -0.05) is 66.2 Å². The lowest BCUT2D eigenvalue weighted by molar-refractivity contribution is -0.127. The van der Waals surface area contributed by atoms with E-state index in [0.717, 1.165) is 38.6 Å². The van der Waals surface area contributed by atoms with Crippen molar-refractivity contribution >= 4 is 63.0 Å². The summed E-state index contributed by atoms with van der Waals surface area (Å²) in [6.07, 6.45) is 1.60. The number of nitrogens with zero attached hydrogens (tertiary/aromatic N) is 1. The van der Waals surface area contributed by atoms with Crippen LogP contribution in [0.4, 0.5) is 10.5 Å². The number of imide groups is 1. The van der Waals surface area contributed by atoms with Crippen molar-refractivity contribution in [3.8, 4) is 11.5 Å². The van der Waals surface area contributed by atoms with E-state index in [1.54, 1.807) is 42.5 Å². The summed E-state index contributed by atoms with van der Waals surface area (Å²) >= 11 is 6.89. The molecule has 1 saturated heterocycles. The first-order valence-electron chi connectivity index (χ1n) is 12.4. The highest BCUT2D eigenvalue weighted by molar-refractivity contribution is 8.18. The van der Waals surface area contributed by atoms with Gasteiger partial charge in [0.1, 0.15) is 13.2 Å². The van der Waals surface area contributed by atoms with E-state index in [-0.39, 0.29) is 4.91 Å². The molecular formula is C31H25ClN2O5S. The Labute approximate surface area is 240 Å². The lowest BCUT2D eigenvalue weighted by Gasteiger charge is -2.13. The largest absolute Gasteiger partial charge is 0.493 e. The third kappa shape index (κ3) is 5.98. The van der Waals surface area contributed by atoms with Crippen molar-refractivity contribution in [1.82, 2.24) is 4.90 Å². The molecule has 0 aliphatic carbocycles. The van der Waals surface area contributed by atoms with Crippen molar-refractivity contribution in [1.29, 1.82) is 0 Å². The minimum Gasteiger partial charge on any atom is -0.493 e. The number of hydrogen-bond donors (Lipinski definition) is 1. The summed E-state index contributed by atoms with van der Waals surface area (Å²) in [5.41, 5.74) is 3.06. The fourth-order valence-electron chi connectivity index (χ4n) is 4.27. The molecule has 1 heterocycles. The van der Waals surface area contributed by atoms with E-state index < -0.39 is 23.6 Å². The Hall–Kier alpha value is -4.27. The molecule has 3 amide bonds. The second kappa shape index (κ2) is 11.9. The molecule has 1 N–H and O–H groups in total. The zero-order chi connectivity index (χ0) is 28.2. The number of fused-ring (bicyclic) bond motifs is 1. The maximum Gasteiger partial charge on any atom is 0.294 e. The van der Waals surface area contributed by atoms with Gasteiger partial charge in [-0.05, 0) is 76.5 Å². The zero-order valence-corrected chi connectivity index (χ0v) is 23.3. The van der Waals surface area contributed by atoms with Gasteiger partial charge in [0.15, 0.2) is 11.5 Å². The van der Waals surface area contributed by atoms with Crippen LogP contribution in [0.15, 0.2) is 83.8 Å². The fourth-order valence-corrected chi connectivity index (χ4v) is 5.29. The average molecular weight is 573 g/mol. The predicted molar refractivity (Wildman–Crippen MR) is 159 cm³/mol. The van der Waals surface area contributed by atoms with Gasteiger partial charge >= 0.3 is 0 Å². The van der Waals surface area contributed by atoms with Crippen molar-refractivity contribution in [3.63, 3.8) is 0 Å². The Bertz CT molecular complexity index is 1660. The third-order valence-electron chi connectivity index (χ3n) is 6.38. The molecule has 1 fully saturated rings. The zero-order valence-electron chi connectivity index (χ0n) is 21.8. The van der Waals surface area contributed by atoms with Gasteiger partial charge in [0.25, 0.3) is 11.1 Å². The number of aryl methyl sites for hydroxylation is 1. The van der Waals surface area contributed by atoms with Crippen LogP contribution < -0.4 is 14.8 Å². The van der Waals surface area contributed by atoms with Crippen LogP contribution in [-0.2, 0) is 16.2 Å². The smallest absolute Gasteiger partial charge is 0.294 e. The van der Waals surface area contributed by atoms with Crippen LogP contribution in [0.3, 0.4) is 0 Å². The van der Waals surface area contributed by atoms with Gasteiger partial charge in [-0.2, -0.15) is 0 Å². The van der Waals surface area contributed by atoms with E-state index in [1.165, 1.54) is 7.11 Å². The van der Waals surface area contributed by atoms with Crippen molar-refractivity contribution in [2.75, 3.05) is 19.0 Å². The Balaban J connectivity index is 1.26. The van der Waals surface area contributed by atoms with Crippen molar-refractivity contribution in [3.05, 3.63) is 105 Å². The summed E-state index contributed by atoms with van der Waals surface area (Å²) in [6, 6.07) is 24.6. The highest BCUT2D eigenvalue weighted by Crippen LogP contribution is 2.35. The number of amides is 3. The summed E-state index contributed by atoms with van der Waals surface area (Å²) in [6.45, 7) is 1.80. The molecule has 0 saturated carbocycles. The number of anilines is 1. The van der Waals surface area contributed by atoms with Gasteiger partial charge < -0.3 is 14.8 Å². The normalized spacial score (nSPS) is 14.2. The molecule has 9 heteroatoms. The number of ether oxygens (including phenoxy) is 2. The first-order chi connectivity index (χ1) is 19.3. The number of benzene rings is 4. The predicted octanol–water partition coefficient (Wildman–Crippen LogP) is 7.06. The molecule has 0 radical (unpaired) electrons. The fraction of sp³-hybridized carbons (Fsp3) is 0.129. The molecule has 0 spiro atoms. The van der Waals surface area contributed by atoms with Gasteiger partial charge in [-0.25, -0.2) is 0 Å². The minimum atomic E-state index is -0.540. The monoisotopic (exact) mass is 572 g/mol. The van der Waals surface area contributed by atoms with Crippen molar-refractivity contribution in [2.45, 2.75) is 13.5 Å². The van der Waals surface area contributed by atoms with Crippen LogP contribution in [0.25, 0.3) is 16.8 Å². The molecule has 0 atom stereocenters. The van der Waals surface area contributed by atoms with E-state index in [0.29, 0.717) is 34.4 Å². The van der Waals surface area contributed by atoms with E-state index in [1.807, 2.05) is 31.2 Å². The third-order valence-corrected chi connectivity index (χ3v) is 7.69. The number of carbonyl (C=O) groups excluding carboxylic acids is 3. The molecular weight excluding hydrogens is 548 g/mol. The van der Waals surface area contributed by atoms with E-state index in [9.17, 15) is 14.4 Å². The summed E-state index contributed by atoms with van der Waals surface area (Å²) in [5.74, 6) is -0.00177. The number of halogens is 1. The minimum absolute atomic E-state index is 0.211. The maximum atomic E-state index is 13.0. The summed E-state index contributed by atoms with van der Waals surface area (Å²) in [4.78, 5) is 39.1. The Kier molecular flexibility index (Phi) is 8.09. The Morgan fingerprint density at radius 1 is 1.00 bits per heavy atom. The van der Waals surface area contributed by atoms with Gasteiger partial charge in [0.2, 0.25) is 5.91 Å². The quantitative estimate of drug-likeness (QED) is 0.227. The van der Waals surface area contributed by atoms with Gasteiger partial charge in [0, 0.05) is 10.7 Å². The lowest BCUT2D eigenvalue weighted by atomic mass is 10.1. The first-order valence-corrected chi connectivity index (χ1v) is 13.6. The van der Waals surface area contributed by atoms with Crippen LogP contribution in [0.2, 0.25) is 5.02 Å². The molecule has 4 aromatic carbocycles.